The molecule has 2 atom stereocenters. The smallest absolute Gasteiger partial charge is 0.282 e. The van der Waals surface area contributed by atoms with Gasteiger partial charge in [-0.25, -0.2) is 4.39 Å². The number of amides is 3. The van der Waals surface area contributed by atoms with Crippen molar-refractivity contribution in [3.8, 4) is 0 Å². The summed E-state index contributed by atoms with van der Waals surface area (Å²) in [5, 5.41) is 11.9. The van der Waals surface area contributed by atoms with E-state index in [0.717, 1.165) is 11.0 Å². The summed E-state index contributed by atoms with van der Waals surface area (Å²) in [5.74, 6) is -2.75. The SMILES string of the molecule is O=C1c2cccc([N+](=O)[O-])c2C(=O)N1[C@@H]1C(=O)N(c2ccc(Cl)cc2)[C@@H]1c1ccc(F)cc1. The Kier molecular flexibility index (Phi) is 4.71. The van der Waals surface area contributed by atoms with E-state index in [1.165, 1.54) is 41.3 Å². The van der Waals surface area contributed by atoms with E-state index in [-0.39, 0.29) is 11.1 Å². The predicted molar refractivity (Wildman–Crippen MR) is 115 cm³/mol. The standard InChI is InChI=1S/C23H13ClFN3O5/c24-13-6-10-15(11-7-13)26-19(12-4-8-14(25)9-5-12)20(23(26)31)27-21(29)16-2-1-3-17(28(32)33)18(16)22(27)30/h1-11,19-20H/t19-,20+/m1/s1. The van der Waals surface area contributed by atoms with Crippen molar-refractivity contribution in [2.45, 2.75) is 12.1 Å². The number of fused-ring (bicyclic) bond motifs is 1. The molecule has 2 aliphatic rings. The van der Waals surface area contributed by atoms with E-state index in [1.807, 2.05) is 0 Å². The van der Waals surface area contributed by atoms with Gasteiger partial charge in [0.15, 0.2) is 0 Å². The number of hydrogen-bond acceptors (Lipinski definition) is 5. The first-order chi connectivity index (χ1) is 15.8. The van der Waals surface area contributed by atoms with Crippen LogP contribution in [0.2, 0.25) is 5.02 Å². The fourth-order valence-corrected chi connectivity index (χ4v) is 4.42. The molecule has 1 saturated heterocycles. The molecule has 2 heterocycles. The van der Waals surface area contributed by atoms with Crippen LogP contribution >= 0.6 is 11.6 Å². The number of carbonyl (C=O) groups excluding carboxylic acids is 3. The fourth-order valence-electron chi connectivity index (χ4n) is 4.30. The normalized spacial score (nSPS) is 19.5. The van der Waals surface area contributed by atoms with Crippen LogP contribution in [0.5, 0.6) is 0 Å². The van der Waals surface area contributed by atoms with Gasteiger partial charge in [0, 0.05) is 16.8 Å². The van der Waals surface area contributed by atoms with E-state index in [2.05, 4.69) is 0 Å². The summed E-state index contributed by atoms with van der Waals surface area (Å²) >= 11 is 5.95. The molecule has 3 amide bonds. The van der Waals surface area contributed by atoms with Gasteiger partial charge in [-0.3, -0.25) is 29.4 Å². The van der Waals surface area contributed by atoms with Gasteiger partial charge in [-0.05, 0) is 48.0 Å². The second kappa shape index (κ2) is 7.49. The van der Waals surface area contributed by atoms with Crippen LogP contribution < -0.4 is 4.90 Å². The molecule has 3 aromatic carbocycles. The average Bonchev–Trinajstić information content (AvgIpc) is 3.05. The van der Waals surface area contributed by atoms with Gasteiger partial charge < -0.3 is 4.90 Å². The number of imide groups is 1. The van der Waals surface area contributed by atoms with E-state index in [4.69, 9.17) is 11.6 Å². The zero-order valence-electron chi connectivity index (χ0n) is 16.6. The monoisotopic (exact) mass is 465 g/mol. The minimum atomic E-state index is -1.25. The summed E-state index contributed by atoms with van der Waals surface area (Å²) in [6.45, 7) is 0. The van der Waals surface area contributed by atoms with Crippen LogP contribution in [0.1, 0.15) is 32.3 Å². The van der Waals surface area contributed by atoms with Crippen molar-refractivity contribution in [3.05, 3.63) is 104 Å². The lowest BCUT2D eigenvalue weighted by Crippen LogP contribution is -2.67. The fraction of sp³-hybridized carbons (Fsp3) is 0.0870. The molecule has 8 nitrogen and oxygen atoms in total. The number of nitrogens with zero attached hydrogens (tertiary/aromatic N) is 3. The number of halogens is 2. The maximum atomic E-state index is 13.6. The van der Waals surface area contributed by atoms with E-state index in [1.54, 1.807) is 24.3 Å². The Bertz CT molecular complexity index is 1340. The van der Waals surface area contributed by atoms with Crippen molar-refractivity contribution in [1.82, 2.24) is 4.90 Å². The number of rotatable bonds is 4. The van der Waals surface area contributed by atoms with Crippen LogP contribution in [0.3, 0.4) is 0 Å². The van der Waals surface area contributed by atoms with Gasteiger partial charge in [-0.15, -0.1) is 0 Å². The molecule has 0 aliphatic carbocycles. The zero-order valence-corrected chi connectivity index (χ0v) is 17.4. The lowest BCUT2D eigenvalue weighted by Gasteiger charge is -2.49. The molecule has 0 unspecified atom stereocenters. The highest BCUT2D eigenvalue weighted by Crippen LogP contribution is 2.45. The maximum absolute atomic E-state index is 13.6. The van der Waals surface area contributed by atoms with Gasteiger partial charge in [0.25, 0.3) is 23.4 Å². The quantitative estimate of drug-likeness (QED) is 0.249. The molecule has 33 heavy (non-hydrogen) atoms. The number of benzene rings is 3. The van der Waals surface area contributed by atoms with Crippen LogP contribution in [-0.2, 0) is 4.79 Å². The van der Waals surface area contributed by atoms with Crippen molar-refractivity contribution in [2.24, 2.45) is 0 Å². The van der Waals surface area contributed by atoms with Crippen molar-refractivity contribution in [3.63, 3.8) is 0 Å². The van der Waals surface area contributed by atoms with E-state index >= 15 is 0 Å². The van der Waals surface area contributed by atoms with Crippen LogP contribution in [0.15, 0.2) is 66.7 Å². The molecule has 5 rings (SSSR count). The Hall–Kier alpha value is -4.11. The molecule has 10 heteroatoms. The molecule has 1 fully saturated rings. The van der Waals surface area contributed by atoms with Crippen molar-refractivity contribution in [1.29, 1.82) is 0 Å². The number of nitro groups is 1. The van der Waals surface area contributed by atoms with Crippen molar-refractivity contribution in [2.75, 3.05) is 4.90 Å². The third-order valence-corrected chi connectivity index (χ3v) is 6.04. The number of nitro benzene ring substituents is 1. The predicted octanol–water partition coefficient (Wildman–Crippen LogP) is 4.14. The van der Waals surface area contributed by atoms with E-state index in [0.29, 0.717) is 16.3 Å². The van der Waals surface area contributed by atoms with Gasteiger partial charge in [0.05, 0.1) is 16.5 Å². The largest absolute Gasteiger partial charge is 0.300 e. The Morgan fingerprint density at radius 1 is 0.848 bits per heavy atom. The van der Waals surface area contributed by atoms with Crippen molar-refractivity contribution >= 4 is 40.7 Å². The highest BCUT2D eigenvalue weighted by molar-refractivity contribution is 6.30. The third kappa shape index (κ3) is 3.08. The molecule has 0 N–H and O–H groups in total. The first kappa shape index (κ1) is 20.8. The van der Waals surface area contributed by atoms with Crippen LogP contribution in [-0.4, -0.2) is 33.6 Å². The van der Waals surface area contributed by atoms with Crippen LogP contribution in [0.4, 0.5) is 15.8 Å². The van der Waals surface area contributed by atoms with Crippen LogP contribution in [0.25, 0.3) is 0 Å². The van der Waals surface area contributed by atoms with Gasteiger partial charge in [0.2, 0.25) is 0 Å². The highest BCUT2D eigenvalue weighted by atomic mass is 35.5. The zero-order chi connectivity index (χ0) is 23.4. The van der Waals surface area contributed by atoms with Crippen molar-refractivity contribution < 1.29 is 23.7 Å². The number of hydrogen-bond donors (Lipinski definition) is 0. The molecule has 0 radical (unpaired) electrons. The minimum Gasteiger partial charge on any atom is -0.300 e. The van der Waals surface area contributed by atoms with Crippen LogP contribution in [0, 0.1) is 15.9 Å². The average molecular weight is 466 g/mol. The van der Waals surface area contributed by atoms with E-state index in [9.17, 15) is 28.9 Å². The van der Waals surface area contributed by atoms with E-state index < -0.39 is 46.2 Å². The second-order valence-corrected chi connectivity index (χ2v) is 8.00. The first-order valence-corrected chi connectivity index (χ1v) is 10.2. The summed E-state index contributed by atoms with van der Waals surface area (Å²) in [4.78, 5) is 52.4. The Labute approximate surface area is 190 Å². The molecule has 0 bridgehead atoms. The molecule has 0 spiro atoms. The summed E-state index contributed by atoms with van der Waals surface area (Å²) < 4.78 is 13.6. The topological polar surface area (TPSA) is 101 Å². The second-order valence-electron chi connectivity index (χ2n) is 7.56. The summed E-state index contributed by atoms with van der Waals surface area (Å²) in [6, 6.07) is 13.4. The lowest BCUT2D eigenvalue weighted by atomic mass is 9.86. The summed E-state index contributed by atoms with van der Waals surface area (Å²) in [5.41, 5.74) is -0.0273. The molecule has 164 valence electrons. The first-order valence-electron chi connectivity index (χ1n) is 9.79. The molecular weight excluding hydrogens is 453 g/mol. The molecule has 3 aromatic rings. The lowest BCUT2D eigenvalue weighted by molar-refractivity contribution is -0.385. The Morgan fingerprint density at radius 2 is 1.52 bits per heavy atom. The molecule has 2 aliphatic heterocycles. The van der Waals surface area contributed by atoms with Gasteiger partial charge in [0.1, 0.15) is 17.4 Å². The minimum absolute atomic E-state index is 0.134. The number of anilines is 1. The molecule has 0 aromatic heterocycles. The summed E-state index contributed by atoms with van der Waals surface area (Å²) in [7, 11) is 0. The number of carbonyl (C=O) groups is 3. The Balaban J connectivity index is 1.60. The van der Waals surface area contributed by atoms with Gasteiger partial charge >= 0.3 is 0 Å². The third-order valence-electron chi connectivity index (χ3n) is 5.78. The molecule has 0 saturated carbocycles. The summed E-state index contributed by atoms with van der Waals surface area (Å²) in [6.07, 6.45) is 0. The maximum Gasteiger partial charge on any atom is 0.282 e. The molecular formula is C23H13ClFN3O5. The van der Waals surface area contributed by atoms with Gasteiger partial charge in [-0.1, -0.05) is 29.8 Å². The Morgan fingerprint density at radius 3 is 2.15 bits per heavy atom. The highest BCUT2D eigenvalue weighted by Gasteiger charge is 2.58. The number of β-lactam (4-membered cyclic amide) rings is 1. The van der Waals surface area contributed by atoms with Gasteiger partial charge in [-0.2, -0.15) is 0 Å².